The fraction of sp³-hybridized carbons (Fsp3) is 0.0625. The molecular formula is C16H12BrClN2. The van der Waals surface area contributed by atoms with Crippen LogP contribution < -0.4 is 5.32 Å². The van der Waals surface area contributed by atoms with Crippen LogP contribution in [0.15, 0.2) is 59.2 Å². The number of benzene rings is 2. The number of anilines is 1. The molecule has 0 fully saturated rings. The van der Waals surface area contributed by atoms with Gasteiger partial charge in [0.25, 0.3) is 0 Å². The molecule has 1 aromatic heterocycles. The van der Waals surface area contributed by atoms with Crippen LogP contribution in [0.3, 0.4) is 0 Å². The van der Waals surface area contributed by atoms with Crippen LogP contribution >= 0.6 is 27.5 Å². The van der Waals surface area contributed by atoms with E-state index in [9.17, 15) is 0 Å². The highest BCUT2D eigenvalue weighted by atomic mass is 79.9. The molecule has 20 heavy (non-hydrogen) atoms. The number of pyridine rings is 1. The van der Waals surface area contributed by atoms with E-state index in [1.165, 1.54) is 0 Å². The smallest absolute Gasteiger partial charge is 0.0722 e. The largest absolute Gasteiger partial charge is 0.380 e. The molecule has 1 N–H and O–H groups in total. The van der Waals surface area contributed by atoms with Gasteiger partial charge in [0, 0.05) is 33.3 Å². The lowest BCUT2D eigenvalue weighted by Gasteiger charge is -2.10. The van der Waals surface area contributed by atoms with Crippen LogP contribution in [0.2, 0.25) is 5.02 Å². The third-order valence-corrected chi connectivity index (χ3v) is 3.98. The van der Waals surface area contributed by atoms with Gasteiger partial charge >= 0.3 is 0 Å². The zero-order valence-corrected chi connectivity index (χ0v) is 12.9. The summed E-state index contributed by atoms with van der Waals surface area (Å²) in [5, 5.41) is 5.29. The predicted octanol–water partition coefficient (Wildman–Crippen LogP) is 5.26. The summed E-state index contributed by atoms with van der Waals surface area (Å²) in [7, 11) is 0. The van der Waals surface area contributed by atoms with Crippen molar-refractivity contribution < 1.29 is 0 Å². The standard InChI is InChI=1S/C16H12BrClN2/c17-12-7-6-11(14(18)9-12)10-20-16-5-1-4-15-13(16)3-2-8-19-15/h1-9,20H,10H2. The average molecular weight is 348 g/mol. The van der Waals surface area contributed by atoms with Crippen LogP contribution in [0.1, 0.15) is 5.56 Å². The summed E-state index contributed by atoms with van der Waals surface area (Å²) in [5.74, 6) is 0. The van der Waals surface area contributed by atoms with Gasteiger partial charge in [-0.3, -0.25) is 4.98 Å². The van der Waals surface area contributed by atoms with Crippen LogP contribution in [0.25, 0.3) is 10.9 Å². The quantitative estimate of drug-likeness (QED) is 0.699. The molecule has 0 aliphatic heterocycles. The molecule has 0 unspecified atom stereocenters. The number of nitrogens with zero attached hydrogens (tertiary/aromatic N) is 1. The Morgan fingerprint density at radius 2 is 2.00 bits per heavy atom. The Balaban J connectivity index is 1.87. The highest BCUT2D eigenvalue weighted by molar-refractivity contribution is 9.10. The molecule has 0 amide bonds. The van der Waals surface area contributed by atoms with E-state index in [0.29, 0.717) is 6.54 Å². The number of halogens is 2. The van der Waals surface area contributed by atoms with E-state index in [1.807, 2.05) is 36.4 Å². The van der Waals surface area contributed by atoms with Crippen molar-refractivity contribution in [1.29, 1.82) is 0 Å². The highest BCUT2D eigenvalue weighted by Gasteiger charge is 2.03. The summed E-state index contributed by atoms with van der Waals surface area (Å²) in [4.78, 5) is 4.35. The van der Waals surface area contributed by atoms with Crippen LogP contribution in [0.4, 0.5) is 5.69 Å². The molecule has 100 valence electrons. The normalized spacial score (nSPS) is 10.7. The van der Waals surface area contributed by atoms with Crippen LogP contribution in [-0.2, 0) is 6.54 Å². The van der Waals surface area contributed by atoms with Crippen molar-refractivity contribution in [3.05, 3.63) is 69.8 Å². The molecule has 2 aromatic carbocycles. The molecule has 1 heterocycles. The summed E-state index contributed by atoms with van der Waals surface area (Å²) in [6.45, 7) is 0.681. The van der Waals surface area contributed by atoms with Gasteiger partial charge in [0.05, 0.1) is 5.52 Å². The number of hydrogen-bond acceptors (Lipinski definition) is 2. The Kier molecular flexibility index (Phi) is 3.90. The second kappa shape index (κ2) is 5.81. The van der Waals surface area contributed by atoms with Gasteiger partial charge in [0.15, 0.2) is 0 Å². The van der Waals surface area contributed by atoms with Crippen molar-refractivity contribution in [1.82, 2.24) is 4.98 Å². The minimum absolute atomic E-state index is 0.681. The second-order valence-corrected chi connectivity index (χ2v) is 5.79. The van der Waals surface area contributed by atoms with Gasteiger partial charge in [0.2, 0.25) is 0 Å². The van der Waals surface area contributed by atoms with Crippen molar-refractivity contribution in [2.45, 2.75) is 6.54 Å². The Morgan fingerprint density at radius 1 is 1.10 bits per heavy atom. The molecular weight excluding hydrogens is 336 g/mol. The lowest BCUT2D eigenvalue weighted by atomic mass is 10.1. The zero-order valence-electron chi connectivity index (χ0n) is 10.6. The van der Waals surface area contributed by atoms with Gasteiger partial charge in [-0.25, -0.2) is 0 Å². The first-order valence-electron chi connectivity index (χ1n) is 6.25. The summed E-state index contributed by atoms with van der Waals surface area (Å²) in [6.07, 6.45) is 1.80. The molecule has 0 atom stereocenters. The second-order valence-electron chi connectivity index (χ2n) is 4.46. The van der Waals surface area contributed by atoms with E-state index < -0.39 is 0 Å². The third kappa shape index (κ3) is 2.79. The summed E-state index contributed by atoms with van der Waals surface area (Å²) < 4.78 is 0.987. The van der Waals surface area contributed by atoms with E-state index >= 15 is 0 Å². The van der Waals surface area contributed by atoms with E-state index in [2.05, 4.69) is 38.4 Å². The van der Waals surface area contributed by atoms with Gasteiger partial charge in [0.1, 0.15) is 0 Å². The first-order chi connectivity index (χ1) is 9.74. The van der Waals surface area contributed by atoms with Gasteiger partial charge in [-0.05, 0) is 42.0 Å². The maximum Gasteiger partial charge on any atom is 0.0722 e. The Bertz CT molecular complexity index is 753. The first-order valence-corrected chi connectivity index (χ1v) is 7.43. The lowest BCUT2D eigenvalue weighted by Crippen LogP contribution is -2.00. The van der Waals surface area contributed by atoms with E-state index in [0.717, 1.165) is 31.6 Å². The molecule has 0 aliphatic rings. The third-order valence-electron chi connectivity index (χ3n) is 3.13. The molecule has 0 saturated carbocycles. The number of hydrogen-bond donors (Lipinski definition) is 1. The summed E-state index contributed by atoms with van der Waals surface area (Å²) in [5.41, 5.74) is 3.12. The zero-order chi connectivity index (χ0) is 13.9. The molecule has 0 spiro atoms. The molecule has 0 radical (unpaired) electrons. The first kappa shape index (κ1) is 13.4. The van der Waals surface area contributed by atoms with Gasteiger partial charge < -0.3 is 5.32 Å². The van der Waals surface area contributed by atoms with E-state index in [1.54, 1.807) is 6.20 Å². The Labute approximate surface area is 130 Å². The van der Waals surface area contributed by atoms with E-state index in [-0.39, 0.29) is 0 Å². The summed E-state index contributed by atoms with van der Waals surface area (Å²) in [6, 6.07) is 16.0. The minimum atomic E-state index is 0.681. The molecule has 0 aliphatic carbocycles. The van der Waals surface area contributed by atoms with Crippen molar-refractivity contribution in [2.75, 3.05) is 5.32 Å². The minimum Gasteiger partial charge on any atom is -0.380 e. The van der Waals surface area contributed by atoms with Crippen molar-refractivity contribution in [3.8, 4) is 0 Å². The van der Waals surface area contributed by atoms with Crippen LogP contribution in [-0.4, -0.2) is 4.98 Å². The Morgan fingerprint density at radius 3 is 2.85 bits per heavy atom. The Hall–Kier alpha value is -1.58. The van der Waals surface area contributed by atoms with Gasteiger partial charge in [-0.15, -0.1) is 0 Å². The molecule has 0 saturated heterocycles. The van der Waals surface area contributed by atoms with Crippen LogP contribution in [0, 0.1) is 0 Å². The lowest BCUT2D eigenvalue weighted by molar-refractivity contribution is 1.15. The number of aromatic nitrogens is 1. The average Bonchev–Trinajstić information content (AvgIpc) is 2.46. The van der Waals surface area contributed by atoms with Gasteiger partial charge in [-0.1, -0.05) is 39.7 Å². The van der Waals surface area contributed by atoms with Crippen molar-refractivity contribution >= 4 is 44.1 Å². The molecule has 0 bridgehead atoms. The predicted molar refractivity (Wildman–Crippen MR) is 88.2 cm³/mol. The molecule has 4 heteroatoms. The topological polar surface area (TPSA) is 24.9 Å². The molecule has 2 nitrogen and oxygen atoms in total. The van der Waals surface area contributed by atoms with E-state index in [4.69, 9.17) is 11.6 Å². The van der Waals surface area contributed by atoms with Gasteiger partial charge in [-0.2, -0.15) is 0 Å². The summed E-state index contributed by atoms with van der Waals surface area (Å²) >= 11 is 9.64. The van der Waals surface area contributed by atoms with Crippen LogP contribution in [0.5, 0.6) is 0 Å². The monoisotopic (exact) mass is 346 g/mol. The maximum atomic E-state index is 6.23. The maximum absolute atomic E-state index is 6.23. The fourth-order valence-corrected chi connectivity index (χ4v) is 2.85. The van der Waals surface area contributed by atoms with Crippen molar-refractivity contribution in [2.24, 2.45) is 0 Å². The number of rotatable bonds is 3. The number of nitrogens with one attached hydrogen (secondary N) is 1. The highest BCUT2D eigenvalue weighted by Crippen LogP contribution is 2.25. The fourth-order valence-electron chi connectivity index (χ4n) is 2.11. The van der Waals surface area contributed by atoms with Crippen molar-refractivity contribution in [3.63, 3.8) is 0 Å². The molecule has 3 rings (SSSR count). The number of fused-ring (bicyclic) bond motifs is 1. The SMILES string of the molecule is Clc1cc(Br)ccc1CNc1cccc2ncccc12. The molecule has 3 aromatic rings.